The third kappa shape index (κ3) is 3.14. The molecule has 1 heterocycles. The lowest BCUT2D eigenvalue weighted by Gasteiger charge is -2.25. The van der Waals surface area contributed by atoms with Crippen LogP contribution in [0.1, 0.15) is 28.8 Å². The van der Waals surface area contributed by atoms with Gasteiger partial charge in [-0.2, -0.15) is 0 Å². The summed E-state index contributed by atoms with van der Waals surface area (Å²) in [5.74, 6) is 0.903. The molecule has 3 rings (SSSR count). The molecule has 114 valence electrons. The molecular weight excluding hydrogens is 274 g/mol. The van der Waals surface area contributed by atoms with Gasteiger partial charge in [-0.05, 0) is 49.1 Å². The van der Waals surface area contributed by atoms with E-state index in [0.29, 0.717) is 6.04 Å². The molecule has 0 N–H and O–H groups in total. The van der Waals surface area contributed by atoms with Crippen LogP contribution in [-0.4, -0.2) is 30.5 Å². The summed E-state index contributed by atoms with van der Waals surface area (Å²) in [4.78, 5) is 14.8. The quantitative estimate of drug-likeness (QED) is 0.863. The lowest BCUT2D eigenvalue weighted by Crippen LogP contribution is -2.36. The van der Waals surface area contributed by atoms with Crippen LogP contribution in [0.25, 0.3) is 0 Å². The van der Waals surface area contributed by atoms with E-state index in [1.165, 1.54) is 5.56 Å². The summed E-state index contributed by atoms with van der Waals surface area (Å²) in [5, 5.41) is 0. The molecule has 3 nitrogen and oxygen atoms in total. The number of hydrogen-bond acceptors (Lipinski definition) is 2. The maximum Gasteiger partial charge on any atom is 0.254 e. The molecule has 0 bridgehead atoms. The molecular formula is C19H21NO2. The van der Waals surface area contributed by atoms with E-state index < -0.39 is 0 Å². The fourth-order valence-electron chi connectivity index (χ4n) is 3.10. The van der Waals surface area contributed by atoms with Crippen molar-refractivity contribution < 1.29 is 9.53 Å². The second kappa shape index (κ2) is 6.65. The van der Waals surface area contributed by atoms with Gasteiger partial charge in [-0.3, -0.25) is 4.79 Å². The molecule has 1 fully saturated rings. The summed E-state index contributed by atoms with van der Waals surface area (Å²) in [6.45, 7) is 0.850. The number of carbonyl (C=O) groups is 1. The Hall–Kier alpha value is -2.29. The first-order chi connectivity index (χ1) is 10.8. The van der Waals surface area contributed by atoms with Crippen LogP contribution >= 0.6 is 0 Å². The molecule has 3 heteroatoms. The standard InChI is InChI=1S/C19H21NO2/c1-22-18-11-9-16(10-12-18)19(21)20-13-5-8-17(20)14-15-6-3-2-4-7-15/h2-4,6-7,9-12,17H,5,8,13-14H2,1H3. The van der Waals surface area contributed by atoms with Crippen LogP contribution in [0.4, 0.5) is 0 Å². The van der Waals surface area contributed by atoms with E-state index in [1.54, 1.807) is 7.11 Å². The first-order valence-corrected chi connectivity index (χ1v) is 7.77. The van der Waals surface area contributed by atoms with E-state index in [4.69, 9.17) is 4.74 Å². The van der Waals surface area contributed by atoms with Crippen molar-refractivity contribution in [3.05, 3.63) is 65.7 Å². The van der Waals surface area contributed by atoms with Crippen molar-refractivity contribution in [2.45, 2.75) is 25.3 Å². The molecule has 2 aromatic rings. The normalized spacial score (nSPS) is 17.5. The molecule has 1 unspecified atom stereocenters. The highest BCUT2D eigenvalue weighted by molar-refractivity contribution is 5.94. The highest BCUT2D eigenvalue weighted by atomic mass is 16.5. The number of carbonyl (C=O) groups excluding carboxylic acids is 1. The largest absolute Gasteiger partial charge is 0.497 e. The van der Waals surface area contributed by atoms with E-state index in [9.17, 15) is 4.79 Å². The SMILES string of the molecule is COc1ccc(C(=O)N2CCCC2Cc2ccccc2)cc1. The van der Waals surface area contributed by atoms with Gasteiger partial charge >= 0.3 is 0 Å². The number of amides is 1. The van der Waals surface area contributed by atoms with Crippen LogP contribution in [0.2, 0.25) is 0 Å². The van der Waals surface area contributed by atoms with Crippen LogP contribution in [-0.2, 0) is 6.42 Å². The van der Waals surface area contributed by atoms with Gasteiger partial charge in [0.25, 0.3) is 5.91 Å². The lowest BCUT2D eigenvalue weighted by atomic mass is 10.0. The molecule has 1 saturated heterocycles. The number of methoxy groups -OCH3 is 1. The Balaban J connectivity index is 1.73. The van der Waals surface area contributed by atoms with Gasteiger partial charge in [0, 0.05) is 18.2 Å². The highest BCUT2D eigenvalue weighted by Crippen LogP contribution is 2.24. The predicted molar refractivity (Wildman–Crippen MR) is 87.2 cm³/mol. The Morgan fingerprint density at radius 2 is 1.86 bits per heavy atom. The van der Waals surface area contributed by atoms with E-state index in [-0.39, 0.29) is 5.91 Å². The second-order valence-corrected chi connectivity index (χ2v) is 5.71. The van der Waals surface area contributed by atoms with Crippen LogP contribution in [0.5, 0.6) is 5.75 Å². The van der Waals surface area contributed by atoms with Crippen molar-refractivity contribution >= 4 is 5.91 Å². The van der Waals surface area contributed by atoms with Gasteiger partial charge < -0.3 is 9.64 Å². The molecule has 0 aliphatic carbocycles. The average Bonchev–Trinajstić information content (AvgIpc) is 3.03. The fourth-order valence-corrected chi connectivity index (χ4v) is 3.10. The van der Waals surface area contributed by atoms with Crippen molar-refractivity contribution in [1.29, 1.82) is 0 Å². The van der Waals surface area contributed by atoms with Gasteiger partial charge in [-0.1, -0.05) is 30.3 Å². The number of likely N-dealkylation sites (tertiary alicyclic amines) is 1. The molecule has 1 atom stereocenters. The third-order valence-corrected chi connectivity index (χ3v) is 4.29. The topological polar surface area (TPSA) is 29.5 Å². The van der Waals surface area contributed by atoms with Gasteiger partial charge in [0.05, 0.1) is 7.11 Å². The van der Waals surface area contributed by atoms with Crippen molar-refractivity contribution in [2.24, 2.45) is 0 Å². The third-order valence-electron chi connectivity index (χ3n) is 4.29. The highest BCUT2D eigenvalue weighted by Gasteiger charge is 2.29. The Bertz CT molecular complexity index is 622. The van der Waals surface area contributed by atoms with Gasteiger partial charge in [0.1, 0.15) is 5.75 Å². The number of hydrogen-bond donors (Lipinski definition) is 0. The van der Waals surface area contributed by atoms with E-state index in [1.807, 2.05) is 35.2 Å². The molecule has 0 spiro atoms. The molecule has 2 aromatic carbocycles. The Morgan fingerprint density at radius 3 is 2.55 bits per heavy atom. The maximum absolute atomic E-state index is 12.7. The van der Waals surface area contributed by atoms with Crippen LogP contribution in [0, 0.1) is 0 Å². The van der Waals surface area contributed by atoms with Crippen molar-refractivity contribution in [3.63, 3.8) is 0 Å². The zero-order valence-electron chi connectivity index (χ0n) is 12.9. The minimum atomic E-state index is 0.126. The first-order valence-electron chi connectivity index (χ1n) is 7.77. The van der Waals surface area contributed by atoms with E-state index in [0.717, 1.165) is 37.1 Å². The van der Waals surface area contributed by atoms with E-state index in [2.05, 4.69) is 24.3 Å². The average molecular weight is 295 g/mol. The summed E-state index contributed by atoms with van der Waals surface area (Å²) in [6, 6.07) is 18.1. The number of benzene rings is 2. The van der Waals surface area contributed by atoms with Gasteiger partial charge in [0.2, 0.25) is 0 Å². The van der Waals surface area contributed by atoms with Crippen molar-refractivity contribution in [3.8, 4) is 5.75 Å². The Labute approximate surface area is 131 Å². The first kappa shape index (κ1) is 14.6. The lowest BCUT2D eigenvalue weighted by molar-refractivity contribution is 0.0736. The monoisotopic (exact) mass is 295 g/mol. The zero-order chi connectivity index (χ0) is 15.4. The molecule has 0 saturated carbocycles. The number of nitrogens with zero attached hydrogens (tertiary/aromatic N) is 1. The van der Waals surface area contributed by atoms with Gasteiger partial charge in [-0.15, -0.1) is 0 Å². The summed E-state index contributed by atoms with van der Waals surface area (Å²) in [6.07, 6.45) is 3.10. The summed E-state index contributed by atoms with van der Waals surface area (Å²) >= 11 is 0. The second-order valence-electron chi connectivity index (χ2n) is 5.71. The van der Waals surface area contributed by atoms with Crippen molar-refractivity contribution in [1.82, 2.24) is 4.90 Å². The minimum absolute atomic E-state index is 0.126. The zero-order valence-corrected chi connectivity index (χ0v) is 12.9. The molecule has 1 aliphatic heterocycles. The van der Waals surface area contributed by atoms with E-state index >= 15 is 0 Å². The summed E-state index contributed by atoms with van der Waals surface area (Å²) < 4.78 is 5.15. The van der Waals surface area contributed by atoms with Crippen LogP contribution in [0.15, 0.2) is 54.6 Å². The molecule has 1 aliphatic rings. The van der Waals surface area contributed by atoms with Crippen LogP contribution in [0.3, 0.4) is 0 Å². The molecule has 1 amide bonds. The molecule has 0 aromatic heterocycles. The summed E-state index contributed by atoms with van der Waals surface area (Å²) in [7, 11) is 1.63. The predicted octanol–water partition coefficient (Wildman–Crippen LogP) is 3.54. The summed E-state index contributed by atoms with van der Waals surface area (Å²) in [5.41, 5.74) is 2.03. The number of rotatable bonds is 4. The fraction of sp³-hybridized carbons (Fsp3) is 0.316. The Kier molecular flexibility index (Phi) is 4.42. The molecule has 22 heavy (non-hydrogen) atoms. The van der Waals surface area contributed by atoms with Gasteiger partial charge in [0.15, 0.2) is 0 Å². The van der Waals surface area contributed by atoms with Crippen molar-refractivity contribution in [2.75, 3.05) is 13.7 Å². The smallest absolute Gasteiger partial charge is 0.254 e. The van der Waals surface area contributed by atoms with Crippen LogP contribution < -0.4 is 4.74 Å². The number of ether oxygens (including phenoxy) is 1. The minimum Gasteiger partial charge on any atom is -0.497 e. The Morgan fingerprint density at radius 1 is 1.14 bits per heavy atom. The maximum atomic E-state index is 12.7. The molecule has 0 radical (unpaired) electrons. The van der Waals surface area contributed by atoms with Gasteiger partial charge in [-0.25, -0.2) is 0 Å².